The standard InChI is InChI=1S/C14H20N4O3/c1-3-7-16-12(19)9-18(2)14(20)11-6-4-5-10(8-11)13(15)17-21/h4-6,8,21H,3,7,9H2,1-2H3,(H2,15,17)(H,16,19). The molecule has 0 bridgehead atoms. The Morgan fingerprint density at radius 2 is 2.05 bits per heavy atom. The number of nitrogens with zero attached hydrogens (tertiary/aromatic N) is 2. The molecule has 7 heteroatoms. The van der Waals surface area contributed by atoms with E-state index in [4.69, 9.17) is 10.9 Å². The molecule has 0 saturated carbocycles. The number of benzene rings is 1. The van der Waals surface area contributed by atoms with Crippen molar-refractivity contribution >= 4 is 17.6 Å². The summed E-state index contributed by atoms with van der Waals surface area (Å²) in [5, 5.41) is 14.2. The number of rotatable bonds is 6. The molecule has 1 rings (SSSR count). The summed E-state index contributed by atoms with van der Waals surface area (Å²) in [4.78, 5) is 25.1. The van der Waals surface area contributed by atoms with Gasteiger partial charge < -0.3 is 21.2 Å². The van der Waals surface area contributed by atoms with Gasteiger partial charge in [-0.1, -0.05) is 24.2 Å². The fraction of sp³-hybridized carbons (Fsp3) is 0.357. The van der Waals surface area contributed by atoms with Crippen LogP contribution in [0, 0.1) is 0 Å². The summed E-state index contributed by atoms with van der Waals surface area (Å²) < 4.78 is 0. The Hall–Kier alpha value is -2.57. The van der Waals surface area contributed by atoms with Crippen LogP contribution in [0.5, 0.6) is 0 Å². The lowest BCUT2D eigenvalue weighted by Gasteiger charge is -2.17. The number of amidine groups is 1. The molecule has 7 nitrogen and oxygen atoms in total. The van der Waals surface area contributed by atoms with E-state index in [1.807, 2.05) is 6.92 Å². The molecule has 0 aromatic heterocycles. The highest BCUT2D eigenvalue weighted by atomic mass is 16.4. The SMILES string of the molecule is CCCNC(=O)CN(C)C(=O)c1cccc(C(N)=NO)c1. The molecular formula is C14H20N4O3. The number of hydrogen-bond donors (Lipinski definition) is 3. The molecule has 0 heterocycles. The van der Waals surface area contributed by atoms with Gasteiger partial charge in [-0.15, -0.1) is 0 Å². The first kappa shape index (κ1) is 16.5. The number of nitrogens with one attached hydrogen (secondary N) is 1. The highest BCUT2D eigenvalue weighted by Gasteiger charge is 2.15. The van der Waals surface area contributed by atoms with Crippen molar-refractivity contribution in [3.63, 3.8) is 0 Å². The monoisotopic (exact) mass is 292 g/mol. The third-order valence-corrected chi connectivity index (χ3v) is 2.81. The zero-order chi connectivity index (χ0) is 15.8. The van der Waals surface area contributed by atoms with Gasteiger partial charge in [0.15, 0.2) is 5.84 Å². The Labute approximate surface area is 123 Å². The maximum Gasteiger partial charge on any atom is 0.254 e. The minimum Gasteiger partial charge on any atom is -0.409 e. The topological polar surface area (TPSA) is 108 Å². The van der Waals surface area contributed by atoms with Crippen LogP contribution in [0.3, 0.4) is 0 Å². The van der Waals surface area contributed by atoms with Crippen molar-refractivity contribution in [3.8, 4) is 0 Å². The quantitative estimate of drug-likeness (QED) is 0.305. The van der Waals surface area contributed by atoms with E-state index in [1.165, 1.54) is 11.0 Å². The molecule has 0 saturated heterocycles. The van der Waals surface area contributed by atoms with E-state index < -0.39 is 0 Å². The largest absolute Gasteiger partial charge is 0.409 e. The second-order valence-electron chi connectivity index (χ2n) is 4.58. The molecule has 21 heavy (non-hydrogen) atoms. The lowest BCUT2D eigenvalue weighted by molar-refractivity contribution is -0.121. The van der Waals surface area contributed by atoms with Crippen molar-refractivity contribution in [2.24, 2.45) is 10.9 Å². The van der Waals surface area contributed by atoms with E-state index >= 15 is 0 Å². The summed E-state index contributed by atoms with van der Waals surface area (Å²) >= 11 is 0. The van der Waals surface area contributed by atoms with E-state index in [9.17, 15) is 9.59 Å². The minimum absolute atomic E-state index is 0.0212. The number of carbonyl (C=O) groups excluding carboxylic acids is 2. The van der Waals surface area contributed by atoms with Gasteiger partial charge in [-0.3, -0.25) is 9.59 Å². The molecule has 0 spiro atoms. The first-order chi connectivity index (χ1) is 9.99. The van der Waals surface area contributed by atoms with Crippen molar-refractivity contribution in [1.29, 1.82) is 0 Å². The molecule has 1 aromatic carbocycles. The predicted molar refractivity (Wildman–Crippen MR) is 79.2 cm³/mol. The van der Waals surface area contributed by atoms with E-state index in [-0.39, 0.29) is 24.2 Å². The number of hydrogen-bond acceptors (Lipinski definition) is 4. The Kier molecular flexibility index (Phi) is 6.19. The third kappa shape index (κ3) is 4.79. The van der Waals surface area contributed by atoms with Crippen LogP contribution in [0.4, 0.5) is 0 Å². The third-order valence-electron chi connectivity index (χ3n) is 2.81. The average molecular weight is 292 g/mol. The van der Waals surface area contributed by atoms with Crippen molar-refractivity contribution in [3.05, 3.63) is 35.4 Å². The van der Waals surface area contributed by atoms with Gasteiger partial charge in [-0.05, 0) is 18.6 Å². The molecular weight excluding hydrogens is 272 g/mol. The summed E-state index contributed by atoms with van der Waals surface area (Å²) in [6, 6.07) is 6.38. The second-order valence-corrected chi connectivity index (χ2v) is 4.58. The van der Waals surface area contributed by atoms with Crippen LogP contribution in [0.25, 0.3) is 0 Å². The minimum atomic E-state index is -0.311. The van der Waals surface area contributed by atoms with Crippen molar-refractivity contribution in [2.45, 2.75) is 13.3 Å². The molecule has 0 radical (unpaired) electrons. The second kappa shape index (κ2) is 7.88. The lowest BCUT2D eigenvalue weighted by Crippen LogP contribution is -2.38. The highest BCUT2D eigenvalue weighted by Crippen LogP contribution is 2.07. The molecule has 4 N–H and O–H groups in total. The van der Waals surface area contributed by atoms with Crippen LogP contribution >= 0.6 is 0 Å². The molecule has 0 aliphatic carbocycles. The maximum absolute atomic E-state index is 12.2. The number of carbonyl (C=O) groups is 2. The van der Waals surface area contributed by atoms with Gasteiger partial charge in [0.1, 0.15) is 0 Å². The van der Waals surface area contributed by atoms with Gasteiger partial charge in [0.25, 0.3) is 5.91 Å². The van der Waals surface area contributed by atoms with Crippen LogP contribution in [0.2, 0.25) is 0 Å². The van der Waals surface area contributed by atoms with Crippen LogP contribution < -0.4 is 11.1 Å². The van der Waals surface area contributed by atoms with E-state index in [0.717, 1.165) is 6.42 Å². The Morgan fingerprint density at radius 3 is 2.67 bits per heavy atom. The van der Waals surface area contributed by atoms with E-state index in [2.05, 4.69) is 10.5 Å². The van der Waals surface area contributed by atoms with Gasteiger partial charge in [-0.25, -0.2) is 0 Å². The normalized spacial score (nSPS) is 11.0. The maximum atomic E-state index is 12.2. The molecule has 0 atom stereocenters. The smallest absolute Gasteiger partial charge is 0.254 e. The summed E-state index contributed by atoms with van der Waals surface area (Å²) in [5.74, 6) is -0.595. The first-order valence-corrected chi connectivity index (χ1v) is 6.59. The van der Waals surface area contributed by atoms with Crippen LogP contribution in [0.1, 0.15) is 29.3 Å². The van der Waals surface area contributed by atoms with Gasteiger partial charge in [0, 0.05) is 24.7 Å². The van der Waals surface area contributed by atoms with Crippen molar-refractivity contribution in [2.75, 3.05) is 20.1 Å². The zero-order valence-electron chi connectivity index (χ0n) is 12.2. The molecule has 0 aliphatic rings. The van der Waals surface area contributed by atoms with Gasteiger partial charge in [-0.2, -0.15) is 0 Å². The van der Waals surface area contributed by atoms with Crippen LogP contribution in [-0.4, -0.2) is 47.9 Å². The summed E-state index contributed by atoms with van der Waals surface area (Å²) in [7, 11) is 1.55. The fourth-order valence-electron chi connectivity index (χ4n) is 1.70. The number of nitrogens with two attached hydrogens (primary N) is 1. The van der Waals surface area contributed by atoms with Crippen molar-refractivity contribution in [1.82, 2.24) is 10.2 Å². The summed E-state index contributed by atoms with van der Waals surface area (Å²) in [5.41, 5.74) is 6.29. The van der Waals surface area contributed by atoms with Crippen LogP contribution in [0.15, 0.2) is 29.4 Å². The predicted octanol–water partition coefficient (Wildman–Crippen LogP) is 0.379. The fourth-order valence-corrected chi connectivity index (χ4v) is 1.70. The number of oxime groups is 1. The van der Waals surface area contributed by atoms with E-state index in [1.54, 1.807) is 25.2 Å². The Balaban J connectivity index is 2.76. The van der Waals surface area contributed by atoms with E-state index in [0.29, 0.717) is 17.7 Å². The number of likely N-dealkylation sites (N-methyl/N-ethyl adjacent to an activating group) is 1. The first-order valence-electron chi connectivity index (χ1n) is 6.59. The Bertz CT molecular complexity index is 543. The lowest BCUT2D eigenvalue weighted by atomic mass is 10.1. The summed E-state index contributed by atoms with van der Waals surface area (Å²) in [6.07, 6.45) is 0.839. The molecule has 0 aliphatic heterocycles. The zero-order valence-corrected chi connectivity index (χ0v) is 12.2. The summed E-state index contributed by atoms with van der Waals surface area (Å²) in [6.45, 7) is 2.51. The van der Waals surface area contributed by atoms with Gasteiger partial charge in [0.2, 0.25) is 5.91 Å². The van der Waals surface area contributed by atoms with Crippen molar-refractivity contribution < 1.29 is 14.8 Å². The molecule has 114 valence electrons. The van der Waals surface area contributed by atoms with Crippen LogP contribution in [-0.2, 0) is 4.79 Å². The molecule has 0 fully saturated rings. The molecule has 2 amide bonds. The average Bonchev–Trinajstić information content (AvgIpc) is 2.51. The Morgan fingerprint density at radius 1 is 1.38 bits per heavy atom. The van der Waals surface area contributed by atoms with Gasteiger partial charge in [0.05, 0.1) is 6.54 Å². The number of amides is 2. The molecule has 0 unspecified atom stereocenters. The van der Waals surface area contributed by atoms with Gasteiger partial charge >= 0.3 is 0 Å². The molecule has 1 aromatic rings. The highest BCUT2D eigenvalue weighted by molar-refractivity contribution is 6.01.